The first kappa shape index (κ1) is 11.2. The second-order valence-corrected chi connectivity index (χ2v) is 4.75. The number of benzene rings is 1. The maximum atomic E-state index is 13.5. The number of rotatable bonds is 1. The lowest BCUT2D eigenvalue weighted by atomic mass is 10.1. The zero-order valence-electron chi connectivity index (χ0n) is 10.8. The Labute approximate surface area is 113 Å². The lowest BCUT2D eigenvalue weighted by Gasteiger charge is -1.94. The molecule has 3 heterocycles. The smallest absolute Gasteiger partial charge is 0.124 e. The highest BCUT2D eigenvalue weighted by Crippen LogP contribution is 2.29. The van der Waals surface area contributed by atoms with E-state index in [1.54, 1.807) is 16.9 Å². The number of aryl methyl sites for hydroxylation is 1. The van der Waals surface area contributed by atoms with Gasteiger partial charge in [0.1, 0.15) is 11.5 Å². The lowest BCUT2D eigenvalue weighted by Crippen LogP contribution is -1.89. The number of fused-ring (bicyclic) bond motifs is 2. The molecule has 0 bridgehead atoms. The average molecular weight is 266 g/mol. The molecule has 0 aliphatic heterocycles. The number of aromatic amines is 1. The molecule has 5 heteroatoms. The van der Waals surface area contributed by atoms with Gasteiger partial charge in [-0.25, -0.2) is 4.39 Å². The summed E-state index contributed by atoms with van der Waals surface area (Å²) in [6.45, 7) is 0. The number of pyridine rings is 1. The number of halogens is 1. The van der Waals surface area contributed by atoms with Crippen LogP contribution in [-0.4, -0.2) is 19.7 Å². The van der Waals surface area contributed by atoms with E-state index >= 15 is 0 Å². The van der Waals surface area contributed by atoms with Crippen LogP contribution >= 0.6 is 0 Å². The summed E-state index contributed by atoms with van der Waals surface area (Å²) in [7, 11) is 1.85. The molecule has 0 atom stereocenters. The Morgan fingerprint density at radius 2 is 2.10 bits per heavy atom. The van der Waals surface area contributed by atoms with Gasteiger partial charge in [0.15, 0.2) is 0 Å². The Bertz CT molecular complexity index is 903. The van der Waals surface area contributed by atoms with E-state index in [0.29, 0.717) is 0 Å². The Morgan fingerprint density at radius 1 is 1.20 bits per heavy atom. The third-order valence-electron chi connectivity index (χ3n) is 3.46. The van der Waals surface area contributed by atoms with Crippen LogP contribution in [0.5, 0.6) is 0 Å². The summed E-state index contributed by atoms with van der Waals surface area (Å²) >= 11 is 0. The highest BCUT2D eigenvalue weighted by Gasteiger charge is 2.13. The Balaban J connectivity index is 2.04. The van der Waals surface area contributed by atoms with E-state index in [1.165, 1.54) is 12.1 Å². The first-order valence-electron chi connectivity index (χ1n) is 6.29. The van der Waals surface area contributed by atoms with Crippen LogP contribution in [0.15, 0.2) is 42.6 Å². The summed E-state index contributed by atoms with van der Waals surface area (Å²) in [6, 6.07) is 10.5. The molecule has 0 amide bonds. The van der Waals surface area contributed by atoms with Gasteiger partial charge in [-0.15, -0.1) is 0 Å². The van der Waals surface area contributed by atoms with Gasteiger partial charge >= 0.3 is 0 Å². The molecule has 98 valence electrons. The van der Waals surface area contributed by atoms with Crippen LogP contribution in [-0.2, 0) is 7.05 Å². The van der Waals surface area contributed by atoms with Crippen molar-refractivity contribution in [3.63, 3.8) is 0 Å². The van der Waals surface area contributed by atoms with Crippen molar-refractivity contribution in [2.24, 2.45) is 7.05 Å². The van der Waals surface area contributed by atoms with Crippen molar-refractivity contribution in [1.29, 1.82) is 0 Å². The van der Waals surface area contributed by atoms with Gasteiger partial charge in [0, 0.05) is 18.6 Å². The zero-order valence-corrected chi connectivity index (χ0v) is 10.8. The van der Waals surface area contributed by atoms with Crippen LogP contribution in [0.4, 0.5) is 4.39 Å². The molecule has 0 spiro atoms. The van der Waals surface area contributed by atoms with E-state index in [1.807, 2.05) is 25.2 Å². The normalized spacial score (nSPS) is 11.5. The minimum atomic E-state index is -0.263. The van der Waals surface area contributed by atoms with Crippen LogP contribution in [0.1, 0.15) is 0 Å². The number of hydrogen-bond donors (Lipinski definition) is 1. The highest BCUT2D eigenvalue weighted by atomic mass is 19.1. The number of H-pyrrole nitrogens is 1. The van der Waals surface area contributed by atoms with E-state index in [4.69, 9.17) is 0 Å². The van der Waals surface area contributed by atoms with Gasteiger partial charge in [-0.05, 0) is 36.4 Å². The monoisotopic (exact) mass is 266 g/mol. The molecule has 4 aromatic rings. The largest absolute Gasteiger partial charge is 0.352 e. The second-order valence-electron chi connectivity index (χ2n) is 4.75. The van der Waals surface area contributed by atoms with Gasteiger partial charge in [-0.1, -0.05) is 0 Å². The number of hydrogen-bond acceptors (Lipinski definition) is 2. The van der Waals surface area contributed by atoms with Gasteiger partial charge < -0.3 is 4.98 Å². The fourth-order valence-electron chi connectivity index (χ4n) is 2.52. The Morgan fingerprint density at radius 3 is 2.95 bits per heavy atom. The maximum absolute atomic E-state index is 13.5. The molecule has 4 nitrogen and oxygen atoms in total. The van der Waals surface area contributed by atoms with Gasteiger partial charge in [0.25, 0.3) is 0 Å². The van der Waals surface area contributed by atoms with Gasteiger partial charge in [0.05, 0.1) is 22.2 Å². The number of aromatic nitrogens is 4. The van der Waals surface area contributed by atoms with Crippen LogP contribution in [0.3, 0.4) is 0 Å². The molecule has 0 radical (unpaired) electrons. The lowest BCUT2D eigenvalue weighted by molar-refractivity contribution is 0.629. The molecule has 0 aliphatic carbocycles. The predicted molar refractivity (Wildman–Crippen MR) is 75.8 cm³/mol. The highest BCUT2D eigenvalue weighted by molar-refractivity contribution is 5.95. The number of nitrogens with one attached hydrogen (secondary N) is 1. The van der Waals surface area contributed by atoms with Crippen LogP contribution in [0, 0.1) is 5.82 Å². The second kappa shape index (κ2) is 3.90. The van der Waals surface area contributed by atoms with Crippen molar-refractivity contribution in [3.05, 3.63) is 48.4 Å². The predicted octanol–water partition coefficient (Wildman–Crippen LogP) is 3.26. The van der Waals surface area contributed by atoms with E-state index in [-0.39, 0.29) is 5.82 Å². The summed E-state index contributed by atoms with van der Waals surface area (Å²) in [4.78, 5) is 7.57. The van der Waals surface area contributed by atoms with Crippen molar-refractivity contribution >= 4 is 21.9 Å². The Kier molecular flexibility index (Phi) is 2.18. The van der Waals surface area contributed by atoms with Crippen LogP contribution in [0.25, 0.3) is 33.3 Å². The average Bonchev–Trinajstić information content (AvgIpc) is 3.00. The summed E-state index contributed by atoms with van der Waals surface area (Å²) in [5.41, 5.74) is 4.29. The van der Waals surface area contributed by atoms with E-state index < -0.39 is 0 Å². The summed E-state index contributed by atoms with van der Waals surface area (Å²) in [5.74, 6) is -0.263. The molecule has 0 aliphatic rings. The molecule has 20 heavy (non-hydrogen) atoms. The van der Waals surface area contributed by atoms with Crippen molar-refractivity contribution in [2.75, 3.05) is 0 Å². The third-order valence-corrected chi connectivity index (χ3v) is 3.46. The fourth-order valence-corrected chi connectivity index (χ4v) is 2.52. The van der Waals surface area contributed by atoms with Crippen LogP contribution in [0.2, 0.25) is 0 Å². The quantitative estimate of drug-likeness (QED) is 0.575. The molecule has 1 N–H and O–H groups in total. The molecule has 0 saturated heterocycles. The SMILES string of the molecule is Cn1nc(-c2cc3ncccc3[nH]2)c2cc(F)ccc21. The fraction of sp³-hybridized carbons (Fsp3) is 0.0667. The van der Waals surface area contributed by atoms with Gasteiger partial charge in [-0.3, -0.25) is 9.67 Å². The summed E-state index contributed by atoms with van der Waals surface area (Å²) in [5, 5.41) is 5.28. The van der Waals surface area contributed by atoms with E-state index in [9.17, 15) is 4.39 Å². The van der Waals surface area contributed by atoms with Crippen LogP contribution < -0.4 is 0 Å². The van der Waals surface area contributed by atoms with E-state index in [0.717, 1.165) is 33.3 Å². The first-order valence-corrected chi connectivity index (χ1v) is 6.29. The maximum Gasteiger partial charge on any atom is 0.124 e. The van der Waals surface area contributed by atoms with Crippen molar-refractivity contribution in [2.45, 2.75) is 0 Å². The van der Waals surface area contributed by atoms with Gasteiger partial charge in [-0.2, -0.15) is 5.10 Å². The molecule has 0 fully saturated rings. The van der Waals surface area contributed by atoms with Crippen molar-refractivity contribution in [3.8, 4) is 11.4 Å². The molecule has 4 rings (SSSR count). The molecule has 3 aromatic heterocycles. The van der Waals surface area contributed by atoms with Gasteiger partial charge in [0.2, 0.25) is 0 Å². The topological polar surface area (TPSA) is 46.5 Å². The standard InChI is InChI=1S/C15H11FN4/c1-20-14-5-4-9(16)7-10(14)15(19-20)13-8-12-11(18-13)3-2-6-17-12/h2-8,18H,1H3. The molecular formula is C15H11FN4. The minimum absolute atomic E-state index is 0.263. The minimum Gasteiger partial charge on any atom is -0.352 e. The molecule has 0 unspecified atom stereocenters. The molecule has 1 aromatic carbocycles. The summed E-state index contributed by atoms with van der Waals surface area (Å²) in [6.07, 6.45) is 1.75. The first-order chi connectivity index (χ1) is 9.72. The Hall–Kier alpha value is -2.69. The molecular weight excluding hydrogens is 255 g/mol. The zero-order chi connectivity index (χ0) is 13.7. The van der Waals surface area contributed by atoms with Crippen molar-refractivity contribution < 1.29 is 4.39 Å². The molecule has 0 saturated carbocycles. The van der Waals surface area contributed by atoms with Crippen molar-refractivity contribution in [1.82, 2.24) is 19.7 Å². The third kappa shape index (κ3) is 1.53. The van der Waals surface area contributed by atoms with E-state index in [2.05, 4.69) is 15.1 Å². The summed E-state index contributed by atoms with van der Waals surface area (Å²) < 4.78 is 15.2. The number of nitrogens with zero attached hydrogens (tertiary/aromatic N) is 3.